The molecule has 2 heterocycles. The van der Waals surface area contributed by atoms with Gasteiger partial charge in [0.05, 0.1) is 25.8 Å². The maximum atomic E-state index is 12.6. The van der Waals surface area contributed by atoms with Crippen molar-refractivity contribution < 1.29 is 14.3 Å². The van der Waals surface area contributed by atoms with Gasteiger partial charge in [-0.15, -0.1) is 11.8 Å². The third-order valence-corrected chi connectivity index (χ3v) is 5.39. The molecule has 0 atom stereocenters. The number of carbonyl (C=O) groups excluding carboxylic acids is 1. The summed E-state index contributed by atoms with van der Waals surface area (Å²) in [7, 11) is 4.87. The smallest absolute Gasteiger partial charge is 0.332 e. The molecule has 1 aromatic carbocycles. The first kappa shape index (κ1) is 20.7. The number of fused-ring (bicyclic) bond motifs is 1. The fraction of sp³-hybridized carbons (Fsp3) is 0.368. The number of ether oxygens (including phenoxy) is 2. The standard InChI is InChI=1S/C19H22N4O5S/c1-21-12-20-17-16(21)18(25)23(19(26)22(17)2)9-4-10-28-15(24)11-29-14-7-5-13(27-3)6-8-14/h5-8,12H,4,9-11H2,1-3H3. The average Bonchev–Trinajstić information content (AvgIpc) is 3.12. The number of hydrogen-bond acceptors (Lipinski definition) is 7. The van der Waals surface area contributed by atoms with Crippen molar-refractivity contribution >= 4 is 28.9 Å². The summed E-state index contributed by atoms with van der Waals surface area (Å²) in [6.45, 7) is 0.284. The lowest BCUT2D eigenvalue weighted by atomic mass is 10.3. The van der Waals surface area contributed by atoms with Gasteiger partial charge in [-0.2, -0.15) is 0 Å². The van der Waals surface area contributed by atoms with E-state index in [9.17, 15) is 14.4 Å². The highest BCUT2D eigenvalue weighted by molar-refractivity contribution is 8.00. The molecule has 0 spiro atoms. The molecule has 0 bridgehead atoms. The summed E-state index contributed by atoms with van der Waals surface area (Å²) in [5.74, 6) is 0.574. The summed E-state index contributed by atoms with van der Waals surface area (Å²) in [5.41, 5.74) is -0.132. The number of imidazole rings is 1. The van der Waals surface area contributed by atoms with E-state index in [4.69, 9.17) is 9.47 Å². The number of aromatic nitrogens is 4. The number of carbonyl (C=O) groups is 1. The average molecular weight is 418 g/mol. The molecular formula is C19H22N4O5S. The molecule has 3 aromatic rings. The Balaban J connectivity index is 1.52. The molecule has 2 aromatic heterocycles. The Morgan fingerprint density at radius 2 is 1.90 bits per heavy atom. The zero-order valence-corrected chi connectivity index (χ0v) is 17.3. The van der Waals surface area contributed by atoms with Crippen molar-refractivity contribution in [3.05, 3.63) is 51.4 Å². The van der Waals surface area contributed by atoms with E-state index in [1.807, 2.05) is 24.3 Å². The summed E-state index contributed by atoms with van der Waals surface area (Å²) in [6, 6.07) is 7.39. The van der Waals surface area contributed by atoms with E-state index in [0.717, 1.165) is 15.2 Å². The van der Waals surface area contributed by atoms with Crippen LogP contribution in [0, 0.1) is 0 Å². The van der Waals surface area contributed by atoms with Crippen molar-refractivity contribution in [2.75, 3.05) is 19.5 Å². The van der Waals surface area contributed by atoms with Crippen LogP contribution in [0.2, 0.25) is 0 Å². The van der Waals surface area contributed by atoms with Gasteiger partial charge in [-0.05, 0) is 30.7 Å². The molecule has 0 fully saturated rings. The van der Waals surface area contributed by atoms with Crippen molar-refractivity contribution in [3.63, 3.8) is 0 Å². The van der Waals surface area contributed by atoms with Crippen molar-refractivity contribution in [2.24, 2.45) is 14.1 Å². The molecule has 0 saturated heterocycles. The minimum absolute atomic E-state index is 0.126. The van der Waals surface area contributed by atoms with Gasteiger partial charge in [0.15, 0.2) is 11.2 Å². The van der Waals surface area contributed by atoms with E-state index >= 15 is 0 Å². The molecule has 0 aliphatic carbocycles. The van der Waals surface area contributed by atoms with Gasteiger partial charge < -0.3 is 14.0 Å². The highest BCUT2D eigenvalue weighted by Crippen LogP contribution is 2.21. The first-order valence-electron chi connectivity index (χ1n) is 8.95. The minimum Gasteiger partial charge on any atom is -0.497 e. The zero-order valence-electron chi connectivity index (χ0n) is 16.5. The first-order valence-corrected chi connectivity index (χ1v) is 9.94. The number of methoxy groups -OCH3 is 1. The fourth-order valence-corrected chi connectivity index (χ4v) is 3.55. The summed E-state index contributed by atoms with van der Waals surface area (Å²) in [5, 5.41) is 0. The van der Waals surface area contributed by atoms with Crippen LogP contribution >= 0.6 is 11.8 Å². The Bertz CT molecular complexity index is 1130. The maximum Gasteiger partial charge on any atom is 0.332 e. The predicted molar refractivity (Wildman–Crippen MR) is 110 cm³/mol. The van der Waals surface area contributed by atoms with Crippen LogP contribution in [-0.2, 0) is 30.2 Å². The molecule has 3 rings (SSSR count). The van der Waals surface area contributed by atoms with Gasteiger partial charge in [-0.25, -0.2) is 9.78 Å². The van der Waals surface area contributed by atoms with E-state index in [2.05, 4.69) is 4.98 Å². The lowest BCUT2D eigenvalue weighted by molar-refractivity contribution is -0.140. The molecule has 29 heavy (non-hydrogen) atoms. The number of benzene rings is 1. The Morgan fingerprint density at radius 3 is 2.59 bits per heavy atom. The number of aryl methyl sites for hydroxylation is 2. The maximum absolute atomic E-state index is 12.6. The summed E-state index contributed by atoms with van der Waals surface area (Å²) < 4.78 is 14.4. The van der Waals surface area contributed by atoms with Crippen molar-refractivity contribution in [1.29, 1.82) is 0 Å². The van der Waals surface area contributed by atoms with Gasteiger partial charge in [-0.1, -0.05) is 0 Å². The van der Waals surface area contributed by atoms with Gasteiger partial charge in [0.2, 0.25) is 0 Å². The first-order chi connectivity index (χ1) is 13.9. The van der Waals surface area contributed by atoms with Crippen LogP contribution in [0.25, 0.3) is 11.2 Å². The van der Waals surface area contributed by atoms with Gasteiger partial charge in [0.25, 0.3) is 5.56 Å². The largest absolute Gasteiger partial charge is 0.497 e. The van der Waals surface area contributed by atoms with Crippen molar-refractivity contribution in [1.82, 2.24) is 18.7 Å². The second-order valence-electron chi connectivity index (χ2n) is 6.36. The Morgan fingerprint density at radius 1 is 1.17 bits per heavy atom. The highest BCUT2D eigenvalue weighted by atomic mass is 32.2. The minimum atomic E-state index is -0.442. The summed E-state index contributed by atoms with van der Waals surface area (Å²) in [6.07, 6.45) is 1.86. The highest BCUT2D eigenvalue weighted by Gasteiger charge is 2.14. The molecule has 10 heteroatoms. The summed E-state index contributed by atoms with van der Waals surface area (Å²) >= 11 is 1.36. The van der Waals surface area contributed by atoms with E-state index in [1.165, 1.54) is 22.7 Å². The van der Waals surface area contributed by atoms with E-state index in [-0.39, 0.29) is 24.9 Å². The van der Waals surface area contributed by atoms with Crippen molar-refractivity contribution in [2.45, 2.75) is 17.9 Å². The Kier molecular flexibility index (Phi) is 6.42. The number of nitrogens with zero attached hydrogens (tertiary/aromatic N) is 4. The quantitative estimate of drug-likeness (QED) is 0.308. The van der Waals surface area contributed by atoms with Crippen LogP contribution in [0.3, 0.4) is 0 Å². The van der Waals surface area contributed by atoms with E-state index in [0.29, 0.717) is 17.6 Å². The molecule has 0 unspecified atom stereocenters. The zero-order chi connectivity index (χ0) is 21.0. The normalized spacial score (nSPS) is 11.0. The molecule has 0 aliphatic rings. The number of thioether (sulfide) groups is 1. The van der Waals surface area contributed by atoms with Crippen LogP contribution in [-0.4, -0.2) is 44.1 Å². The SMILES string of the molecule is COc1ccc(SCC(=O)OCCCn2c(=O)c3c(ncn3C)n(C)c2=O)cc1. The molecule has 9 nitrogen and oxygen atoms in total. The van der Waals surface area contributed by atoms with E-state index < -0.39 is 11.2 Å². The van der Waals surface area contributed by atoms with Crippen LogP contribution in [0.5, 0.6) is 5.75 Å². The molecule has 0 aliphatic heterocycles. The van der Waals surface area contributed by atoms with Crippen LogP contribution in [0.15, 0.2) is 45.1 Å². The van der Waals surface area contributed by atoms with E-state index in [1.54, 1.807) is 25.8 Å². The van der Waals surface area contributed by atoms with Crippen LogP contribution in [0.4, 0.5) is 0 Å². The topological polar surface area (TPSA) is 97.3 Å². The Labute approximate surface area is 170 Å². The van der Waals surface area contributed by atoms with Crippen LogP contribution < -0.4 is 16.0 Å². The molecular weight excluding hydrogens is 396 g/mol. The third-order valence-electron chi connectivity index (χ3n) is 4.41. The second kappa shape index (κ2) is 8.99. The molecule has 0 amide bonds. The number of rotatable bonds is 8. The van der Waals surface area contributed by atoms with Gasteiger partial charge >= 0.3 is 11.7 Å². The Hall–Kier alpha value is -3.01. The molecule has 0 saturated carbocycles. The van der Waals surface area contributed by atoms with Gasteiger partial charge in [-0.3, -0.25) is 18.7 Å². The second-order valence-corrected chi connectivity index (χ2v) is 7.41. The molecule has 0 N–H and O–H groups in total. The summed E-state index contributed by atoms with van der Waals surface area (Å²) in [4.78, 5) is 41.9. The third kappa shape index (κ3) is 4.53. The van der Waals surface area contributed by atoms with Crippen LogP contribution in [0.1, 0.15) is 6.42 Å². The van der Waals surface area contributed by atoms with Crippen molar-refractivity contribution in [3.8, 4) is 5.75 Å². The predicted octanol–water partition coefficient (Wildman–Crippen LogP) is 1.17. The monoisotopic (exact) mass is 418 g/mol. The lowest BCUT2D eigenvalue weighted by Crippen LogP contribution is -2.39. The fourth-order valence-electron chi connectivity index (χ4n) is 2.86. The van der Waals surface area contributed by atoms with Gasteiger partial charge in [0.1, 0.15) is 5.75 Å². The molecule has 0 radical (unpaired) electrons. The van der Waals surface area contributed by atoms with Gasteiger partial charge in [0, 0.05) is 25.5 Å². The lowest BCUT2D eigenvalue weighted by Gasteiger charge is -2.09. The number of hydrogen-bond donors (Lipinski definition) is 0. The number of esters is 1. The molecule has 154 valence electrons.